The Bertz CT molecular complexity index is 960. The molecule has 3 aromatic rings. The van der Waals surface area contributed by atoms with Gasteiger partial charge in [-0.3, -0.25) is 0 Å². The molecule has 28 heavy (non-hydrogen) atoms. The highest BCUT2D eigenvalue weighted by Crippen LogP contribution is 2.30. The molecular weight excluding hydrogens is 389 g/mol. The van der Waals surface area contributed by atoms with Crippen LogP contribution in [0.25, 0.3) is 5.65 Å². The van der Waals surface area contributed by atoms with Gasteiger partial charge in [0.25, 0.3) is 0 Å². The standard InChI is InChI=1S/C18H21F3N6S/c1-3-22-17(24-9-15-26-14(11-28-15)18(19,20)21)23-7-6-13-10-27-8-4-5-12(2)16(27)25-13/h4-5,8,10-11H,3,6-7,9H2,1-2H3,(H2,22,23,24). The van der Waals surface area contributed by atoms with Gasteiger partial charge in [-0.25, -0.2) is 15.0 Å². The zero-order valence-electron chi connectivity index (χ0n) is 15.5. The van der Waals surface area contributed by atoms with E-state index in [0.29, 0.717) is 30.5 Å². The van der Waals surface area contributed by atoms with Gasteiger partial charge in [-0.05, 0) is 25.5 Å². The normalized spacial score (nSPS) is 12.5. The molecule has 150 valence electrons. The second-order valence-electron chi connectivity index (χ2n) is 6.15. The van der Waals surface area contributed by atoms with Gasteiger partial charge >= 0.3 is 6.18 Å². The van der Waals surface area contributed by atoms with Crippen LogP contribution in [0.3, 0.4) is 0 Å². The van der Waals surface area contributed by atoms with E-state index in [1.165, 1.54) is 0 Å². The van der Waals surface area contributed by atoms with E-state index in [2.05, 4.69) is 25.6 Å². The molecule has 0 fully saturated rings. The third-order valence-corrected chi connectivity index (χ3v) is 4.79. The first-order valence-electron chi connectivity index (χ1n) is 8.84. The largest absolute Gasteiger partial charge is 0.434 e. The molecule has 0 saturated carbocycles. The third-order valence-electron chi connectivity index (χ3n) is 3.96. The first-order chi connectivity index (χ1) is 13.4. The molecule has 6 nitrogen and oxygen atoms in total. The zero-order valence-corrected chi connectivity index (χ0v) is 16.4. The number of pyridine rings is 1. The number of hydrogen-bond acceptors (Lipinski definition) is 4. The lowest BCUT2D eigenvalue weighted by Crippen LogP contribution is -2.38. The second-order valence-corrected chi connectivity index (χ2v) is 7.09. The molecule has 0 bridgehead atoms. The Morgan fingerprint density at radius 1 is 1.29 bits per heavy atom. The van der Waals surface area contributed by atoms with Crippen LogP contribution in [-0.2, 0) is 19.1 Å². The summed E-state index contributed by atoms with van der Waals surface area (Å²) in [5, 5.41) is 7.59. The molecule has 2 N–H and O–H groups in total. The Morgan fingerprint density at radius 2 is 2.11 bits per heavy atom. The van der Waals surface area contributed by atoms with E-state index < -0.39 is 11.9 Å². The van der Waals surface area contributed by atoms with Crippen LogP contribution >= 0.6 is 11.3 Å². The van der Waals surface area contributed by atoms with Crippen molar-refractivity contribution >= 4 is 22.9 Å². The topological polar surface area (TPSA) is 66.6 Å². The smallest absolute Gasteiger partial charge is 0.357 e. The summed E-state index contributed by atoms with van der Waals surface area (Å²) in [5.74, 6) is 0.534. The van der Waals surface area contributed by atoms with E-state index >= 15 is 0 Å². The first kappa shape index (κ1) is 20.1. The predicted molar refractivity (Wildman–Crippen MR) is 104 cm³/mol. The number of nitrogens with one attached hydrogen (secondary N) is 2. The number of rotatable bonds is 6. The van der Waals surface area contributed by atoms with Gasteiger partial charge in [-0.1, -0.05) is 6.07 Å². The van der Waals surface area contributed by atoms with E-state index in [1.807, 2.05) is 42.8 Å². The summed E-state index contributed by atoms with van der Waals surface area (Å²) < 4.78 is 39.9. The van der Waals surface area contributed by atoms with Crippen LogP contribution in [0.1, 0.15) is 28.9 Å². The average molecular weight is 410 g/mol. The summed E-state index contributed by atoms with van der Waals surface area (Å²) in [7, 11) is 0. The maximum atomic E-state index is 12.6. The molecule has 0 unspecified atom stereocenters. The van der Waals surface area contributed by atoms with E-state index in [-0.39, 0.29) is 6.54 Å². The average Bonchev–Trinajstić information content (AvgIpc) is 3.27. The fourth-order valence-corrected chi connectivity index (χ4v) is 3.36. The van der Waals surface area contributed by atoms with Crippen molar-refractivity contribution in [2.75, 3.05) is 13.1 Å². The molecule has 0 radical (unpaired) electrons. The Labute approximate surface area is 164 Å². The van der Waals surface area contributed by atoms with Gasteiger partial charge < -0.3 is 15.0 Å². The van der Waals surface area contributed by atoms with Gasteiger partial charge in [0, 0.05) is 37.3 Å². The van der Waals surface area contributed by atoms with Gasteiger partial charge in [0.05, 0.1) is 12.2 Å². The molecule has 0 aliphatic rings. The van der Waals surface area contributed by atoms with Gasteiger partial charge in [-0.2, -0.15) is 13.2 Å². The number of hydrogen-bond donors (Lipinski definition) is 2. The van der Waals surface area contributed by atoms with Crippen LogP contribution in [0.15, 0.2) is 34.9 Å². The molecule has 0 saturated heterocycles. The number of fused-ring (bicyclic) bond motifs is 1. The van der Waals surface area contributed by atoms with E-state index in [9.17, 15) is 13.2 Å². The van der Waals surface area contributed by atoms with Crippen molar-refractivity contribution in [3.05, 3.63) is 51.9 Å². The summed E-state index contributed by atoms with van der Waals surface area (Å²) in [6.45, 7) is 5.27. The Balaban J connectivity index is 1.58. The number of thiazole rings is 1. The molecule has 0 aromatic carbocycles. The highest BCUT2D eigenvalue weighted by Gasteiger charge is 2.33. The number of imidazole rings is 1. The number of aliphatic imine (C=N–C) groups is 1. The highest BCUT2D eigenvalue weighted by atomic mass is 32.1. The highest BCUT2D eigenvalue weighted by molar-refractivity contribution is 7.09. The molecule has 3 rings (SSSR count). The lowest BCUT2D eigenvalue weighted by Gasteiger charge is -2.10. The van der Waals surface area contributed by atoms with Crippen molar-refractivity contribution in [2.45, 2.75) is 33.0 Å². The number of nitrogens with zero attached hydrogens (tertiary/aromatic N) is 4. The SMILES string of the molecule is CCNC(=NCc1nc(C(F)(F)F)cs1)NCCc1cn2cccc(C)c2n1. The van der Waals surface area contributed by atoms with Crippen molar-refractivity contribution in [3.63, 3.8) is 0 Å². The molecular formula is C18H21F3N6S. The quantitative estimate of drug-likeness (QED) is 0.483. The van der Waals surface area contributed by atoms with Crippen LogP contribution in [0, 0.1) is 6.92 Å². The van der Waals surface area contributed by atoms with Crippen LogP contribution < -0.4 is 10.6 Å². The molecule has 3 heterocycles. The van der Waals surface area contributed by atoms with E-state index in [1.54, 1.807) is 0 Å². The van der Waals surface area contributed by atoms with Gasteiger partial charge in [0.2, 0.25) is 0 Å². The monoisotopic (exact) mass is 410 g/mol. The summed E-state index contributed by atoms with van der Waals surface area (Å²) in [6.07, 6.45) is 0.220. The van der Waals surface area contributed by atoms with Crippen molar-refractivity contribution in [1.82, 2.24) is 25.0 Å². The maximum Gasteiger partial charge on any atom is 0.434 e. The minimum absolute atomic E-state index is 0.0869. The Morgan fingerprint density at radius 3 is 2.79 bits per heavy atom. The van der Waals surface area contributed by atoms with Crippen LogP contribution in [-0.4, -0.2) is 33.4 Å². The fraction of sp³-hybridized carbons (Fsp3) is 0.389. The molecule has 0 atom stereocenters. The van der Waals surface area contributed by atoms with E-state index in [0.717, 1.165) is 33.6 Å². The fourth-order valence-electron chi connectivity index (χ4n) is 2.64. The van der Waals surface area contributed by atoms with Crippen LogP contribution in [0.2, 0.25) is 0 Å². The van der Waals surface area contributed by atoms with Crippen molar-refractivity contribution in [1.29, 1.82) is 0 Å². The third kappa shape index (κ3) is 5.00. The van der Waals surface area contributed by atoms with Crippen molar-refractivity contribution in [2.24, 2.45) is 4.99 Å². The maximum absolute atomic E-state index is 12.6. The number of aromatic nitrogens is 3. The number of alkyl halides is 3. The molecule has 3 aromatic heterocycles. The zero-order chi connectivity index (χ0) is 20.1. The molecule has 0 aliphatic heterocycles. The Hall–Kier alpha value is -2.62. The first-order valence-corrected chi connectivity index (χ1v) is 9.71. The summed E-state index contributed by atoms with van der Waals surface area (Å²) in [5.41, 5.74) is 2.12. The molecule has 0 aliphatic carbocycles. The van der Waals surface area contributed by atoms with Crippen LogP contribution in [0.4, 0.5) is 13.2 Å². The minimum Gasteiger partial charge on any atom is -0.357 e. The lowest BCUT2D eigenvalue weighted by molar-refractivity contribution is -0.140. The minimum atomic E-state index is -4.42. The van der Waals surface area contributed by atoms with Gasteiger partial charge in [0.15, 0.2) is 11.7 Å². The van der Waals surface area contributed by atoms with E-state index in [4.69, 9.17) is 0 Å². The second kappa shape index (κ2) is 8.59. The van der Waals surface area contributed by atoms with Gasteiger partial charge in [0.1, 0.15) is 10.7 Å². The number of halogens is 3. The predicted octanol–water partition coefficient (Wildman–Crippen LogP) is 3.42. The summed E-state index contributed by atoms with van der Waals surface area (Å²) in [4.78, 5) is 12.5. The van der Waals surface area contributed by atoms with Crippen molar-refractivity contribution in [3.8, 4) is 0 Å². The molecule has 0 amide bonds. The van der Waals surface area contributed by atoms with Crippen molar-refractivity contribution < 1.29 is 13.2 Å². The summed E-state index contributed by atoms with van der Waals surface area (Å²) >= 11 is 0.954. The summed E-state index contributed by atoms with van der Waals surface area (Å²) in [6, 6.07) is 3.99. The number of aryl methyl sites for hydroxylation is 1. The van der Waals surface area contributed by atoms with Crippen LogP contribution in [0.5, 0.6) is 0 Å². The lowest BCUT2D eigenvalue weighted by atomic mass is 10.3. The Kier molecular flexibility index (Phi) is 6.18. The molecule has 0 spiro atoms. The molecule has 10 heteroatoms. The van der Waals surface area contributed by atoms with Gasteiger partial charge in [-0.15, -0.1) is 11.3 Å². The number of guanidine groups is 1.